The van der Waals surface area contributed by atoms with Gasteiger partial charge in [-0.1, -0.05) is 25.4 Å². The van der Waals surface area contributed by atoms with Crippen LogP contribution in [0.2, 0.25) is 5.02 Å². The second-order valence-corrected chi connectivity index (χ2v) is 4.27. The van der Waals surface area contributed by atoms with Crippen molar-refractivity contribution < 1.29 is 0 Å². The van der Waals surface area contributed by atoms with Crippen molar-refractivity contribution in [1.29, 1.82) is 0 Å². The fraction of sp³-hybridized carbons (Fsp3) is 0.600. The van der Waals surface area contributed by atoms with Gasteiger partial charge in [0, 0.05) is 19.6 Å². The molecule has 84 valence electrons. The fourth-order valence-electron chi connectivity index (χ4n) is 1.34. The highest BCUT2D eigenvalue weighted by Gasteiger charge is 2.09. The summed E-state index contributed by atoms with van der Waals surface area (Å²) < 4.78 is 0. The number of nitrogens with two attached hydrogens (primary N) is 1. The molecule has 1 aromatic heterocycles. The van der Waals surface area contributed by atoms with Gasteiger partial charge in [-0.05, 0) is 5.92 Å². The predicted molar refractivity (Wildman–Crippen MR) is 63.1 cm³/mol. The Morgan fingerprint density at radius 3 is 2.47 bits per heavy atom. The molecule has 0 saturated carbocycles. The minimum Gasteiger partial charge on any atom is -0.339 e. The number of halogens is 1. The molecular weight excluding hydrogens is 212 g/mol. The van der Waals surface area contributed by atoms with E-state index in [2.05, 4.69) is 28.7 Å². The van der Waals surface area contributed by atoms with E-state index in [0.717, 1.165) is 13.1 Å². The Morgan fingerprint density at radius 2 is 2.00 bits per heavy atom. The molecule has 0 aromatic carbocycles. The molecule has 2 N–H and O–H groups in total. The maximum absolute atomic E-state index is 5.73. The van der Waals surface area contributed by atoms with Crippen LogP contribution in [0.25, 0.3) is 0 Å². The van der Waals surface area contributed by atoms with Crippen LogP contribution in [-0.4, -0.2) is 29.6 Å². The standard InChI is InChI=1S/C10H17ClN4/c1-8(2)7-15(4-3-12)10-13-5-9(11)6-14-10/h5-6,8H,3-4,7,12H2,1-2H3. The van der Waals surface area contributed by atoms with E-state index < -0.39 is 0 Å². The summed E-state index contributed by atoms with van der Waals surface area (Å²) in [5.41, 5.74) is 5.55. The molecule has 1 heterocycles. The van der Waals surface area contributed by atoms with Crippen molar-refractivity contribution in [2.45, 2.75) is 13.8 Å². The average Bonchev–Trinajstić information content (AvgIpc) is 2.17. The topological polar surface area (TPSA) is 55.0 Å². The first kappa shape index (κ1) is 12.2. The number of hydrogen-bond donors (Lipinski definition) is 1. The largest absolute Gasteiger partial charge is 0.339 e. The minimum absolute atomic E-state index is 0.552. The summed E-state index contributed by atoms with van der Waals surface area (Å²) in [6.45, 7) is 6.57. The molecule has 0 radical (unpaired) electrons. The third-order valence-electron chi connectivity index (χ3n) is 1.87. The molecule has 5 heteroatoms. The van der Waals surface area contributed by atoms with Crippen LogP contribution < -0.4 is 10.6 Å². The second kappa shape index (κ2) is 5.88. The molecule has 0 spiro atoms. The van der Waals surface area contributed by atoms with Crippen molar-refractivity contribution in [1.82, 2.24) is 9.97 Å². The van der Waals surface area contributed by atoms with Crippen molar-refractivity contribution in [3.8, 4) is 0 Å². The Hall–Kier alpha value is -0.870. The second-order valence-electron chi connectivity index (χ2n) is 3.83. The Morgan fingerprint density at radius 1 is 1.40 bits per heavy atom. The SMILES string of the molecule is CC(C)CN(CCN)c1ncc(Cl)cn1. The maximum atomic E-state index is 5.73. The van der Waals surface area contributed by atoms with Gasteiger partial charge in [0.25, 0.3) is 0 Å². The third-order valence-corrected chi connectivity index (χ3v) is 2.07. The first-order chi connectivity index (χ1) is 7.13. The minimum atomic E-state index is 0.552. The van der Waals surface area contributed by atoms with Crippen molar-refractivity contribution in [2.24, 2.45) is 11.7 Å². The molecular formula is C10H17ClN4. The lowest BCUT2D eigenvalue weighted by Crippen LogP contribution is -2.33. The molecule has 0 aliphatic rings. The zero-order valence-corrected chi connectivity index (χ0v) is 9.91. The van der Waals surface area contributed by atoms with E-state index in [1.807, 2.05) is 0 Å². The summed E-state index contributed by atoms with van der Waals surface area (Å²) in [5, 5.41) is 0.552. The van der Waals surface area contributed by atoms with Crippen LogP contribution in [-0.2, 0) is 0 Å². The van der Waals surface area contributed by atoms with Gasteiger partial charge >= 0.3 is 0 Å². The van der Waals surface area contributed by atoms with Crippen molar-refractivity contribution in [2.75, 3.05) is 24.5 Å². The summed E-state index contributed by atoms with van der Waals surface area (Å²) in [6.07, 6.45) is 3.21. The van der Waals surface area contributed by atoms with Gasteiger partial charge in [0.05, 0.1) is 17.4 Å². The summed E-state index contributed by atoms with van der Waals surface area (Å²) in [7, 11) is 0. The van der Waals surface area contributed by atoms with Crippen LogP contribution in [0.5, 0.6) is 0 Å². The first-order valence-electron chi connectivity index (χ1n) is 5.06. The van der Waals surface area contributed by atoms with E-state index in [4.69, 9.17) is 17.3 Å². The molecule has 1 aromatic rings. The zero-order valence-electron chi connectivity index (χ0n) is 9.15. The highest BCUT2D eigenvalue weighted by atomic mass is 35.5. The summed E-state index contributed by atoms with van der Waals surface area (Å²) in [6, 6.07) is 0. The van der Waals surface area contributed by atoms with E-state index in [1.165, 1.54) is 0 Å². The lowest BCUT2D eigenvalue weighted by atomic mass is 10.2. The number of nitrogens with zero attached hydrogens (tertiary/aromatic N) is 3. The number of aromatic nitrogens is 2. The Labute approximate surface area is 95.5 Å². The number of hydrogen-bond acceptors (Lipinski definition) is 4. The van der Waals surface area contributed by atoms with Crippen LogP contribution in [0.15, 0.2) is 12.4 Å². The van der Waals surface area contributed by atoms with Crippen LogP contribution in [0.3, 0.4) is 0 Å². The van der Waals surface area contributed by atoms with Gasteiger partial charge in [0.1, 0.15) is 0 Å². The summed E-state index contributed by atoms with van der Waals surface area (Å²) >= 11 is 5.73. The Kier molecular flexibility index (Phi) is 4.78. The van der Waals surface area contributed by atoms with Crippen molar-refractivity contribution in [3.05, 3.63) is 17.4 Å². The predicted octanol–water partition coefficient (Wildman–Crippen LogP) is 1.55. The Balaban J connectivity index is 2.74. The van der Waals surface area contributed by atoms with E-state index in [1.54, 1.807) is 12.4 Å². The van der Waals surface area contributed by atoms with E-state index in [9.17, 15) is 0 Å². The monoisotopic (exact) mass is 228 g/mol. The molecule has 15 heavy (non-hydrogen) atoms. The normalized spacial score (nSPS) is 10.7. The van der Waals surface area contributed by atoms with Gasteiger partial charge in [0.15, 0.2) is 0 Å². The Bertz CT molecular complexity index is 286. The van der Waals surface area contributed by atoms with Crippen LogP contribution in [0.1, 0.15) is 13.8 Å². The van der Waals surface area contributed by atoms with E-state index >= 15 is 0 Å². The highest BCUT2D eigenvalue weighted by Crippen LogP contribution is 2.11. The van der Waals surface area contributed by atoms with Gasteiger partial charge in [0.2, 0.25) is 5.95 Å². The van der Waals surface area contributed by atoms with Gasteiger partial charge in [-0.25, -0.2) is 9.97 Å². The molecule has 0 aliphatic carbocycles. The quantitative estimate of drug-likeness (QED) is 0.831. The lowest BCUT2D eigenvalue weighted by Gasteiger charge is -2.23. The van der Waals surface area contributed by atoms with E-state index in [-0.39, 0.29) is 0 Å². The summed E-state index contributed by atoms with van der Waals surface area (Å²) in [5.74, 6) is 1.24. The average molecular weight is 229 g/mol. The molecule has 0 amide bonds. The van der Waals surface area contributed by atoms with Gasteiger partial charge in [-0.3, -0.25) is 0 Å². The third kappa shape index (κ3) is 4.01. The molecule has 0 bridgehead atoms. The molecule has 4 nitrogen and oxygen atoms in total. The lowest BCUT2D eigenvalue weighted by molar-refractivity contribution is 0.602. The molecule has 0 unspecified atom stereocenters. The van der Waals surface area contributed by atoms with Gasteiger partial charge in [-0.15, -0.1) is 0 Å². The number of anilines is 1. The molecule has 0 atom stereocenters. The zero-order chi connectivity index (χ0) is 11.3. The van der Waals surface area contributed by atoms with Crippen LogP contribution >= 0.6 is 11.6 Å². The first-order valence-corrected chi connectivity index (χ1v) is 5.44. The van der Waals surface area contributed by atoms with Crippen LogP contribution in [0.4, 0.5) is 5.95 Å². The molecule has 0 aliphatic heterocycles. The van der Waals surface area contributed by atoms with Gasteiger partial charge < -0.3 is 10.6 Å². The van der Waals surface area contributed by atoms with Crippen LogP contribution in [0, 0.1) is 5.92 Å². The smallest absolute Gasteiger partial charge is 0.225 e. The van der Waals surface area contributed by atoms with Crippen molar-refractivity contribution >= 4 is 17.5 Å². The fourth-order valence-corrected chi connectivity index (χ4v) is 1.44. The molecule has 1 rings (SSSR count). The highest BCUT2D eigenvalue weighted by molar-refractivity contribution is 6.30. The van der Waals surface area contributed by atoms with E-state index in [0.29, 0.717) is 23.4 Å². The molecule has 0 saturated heterocycles. The van der Waals surface area contributed by atoms with Gasteiger partial charge in [-0.2, -0.15) is 0 Å². The van der Waals surface area contributed by atoms with Crippen molar-refractivity contribution in [3.63, 3.8) is 0 Å². The maximum Gasteiger partial charge on any atom is 0.225 e. The molecule has 0 fully saturated rings. The summed E-state index contributed by atoms with van der Waals surface area (Å²) in [4.78, 5) is 10.4. The number of rotatable bonds is 5.